The van der Waals surface area contributed by atoms with Crippen LogP contribution in [0.1, 0.15) is 27.7 Å². The fraction of sp³-hybridized carbons (Fsp3) is 0.900. The van der Waals surface area contributed by atoms with Gasteiger partial charge in [0.2, 0.25) is 0 Å². The summed E-state index contributed by atoms with van der Waals surface area (Å²) in [5.41, 5.74) is 5.55. The van der Waals surface area contributed by atoms with E-state index in [9.17, 15) is 4.79 Å². The van der Waals surface area contributed by atoms with Crippen molar-refractivity contribution >= 4 is 5.97 Å². The lowest BCUT2D eigenvalue weighted by atomic mass is 10.1. The number of nitrogens with two attached hydrogens (primary N) is 1. The summed E-state index contributed by atoms with van der Waals surface area (Å²) in [6.45, 7) is 8.40. The zero-order valence-corrected chi connectivity index (χ0v) is 9.45. The molecule has 0 aliphatic heterocycles. The van der Waals surface area contributed by atoms with E-state index in [0.29, 0.717) is 12.5 Å². The molecule has 84 valence electrons. The van der Waals surface area contributed by atoms with Gasteiger partial charge in [-0.1, -0.05) is 13.8 Å². The topological polar surface area (TPSA) is 61.5 Å². The van der Waals surface area contributed by atoms with Gasteiger partial charge in [-0.3, -0.25) is 4.79 Å². The van der Waals surface area contributed by atoms with E-state index >= 15 is 0 Å². The maximum absolute atomic E-state index is 11.1. The summed E-state index contributed by atoms with van der Waals surface area (Å²) in [6.07, 6.45) is 0.107. The molecular weight excluding hydrogens is 182 g/mol. The molecule has 0 spiro atoms. The number of carbonyl (C=O) groups is 1. The minimum absolute atomic E-state index is 0.107. The first-order valence-corrected chi connectivity index (χ1v) is 5.02. The van der Waals surface area contributed by atoms with Crippen molar-refractivity contribution in [2.75, 3.05) is 13.2 Å². The number of esters is 1. The molecule has 0 amide bonds. The van der Waals surface area contributed by atoms with Gasteiger partial charge in [0.25, 0.3) is 0 Å². The van der Waals surface area contributed by atoms with Crippen LogP contribution < -0.4 is 5.73 Å². The molecule has 0 aromatic heterocycles. The molecule has 0 aliphatic carbocycles. The molecule has 0 heterocycles. The van der Waals surface area contributed by atoms with Crippen molar-refractivity contribution in [3.8, 4) is 0 Å². The highest BCUT2D eigenvalue weighted by molar-refractivity contribution is 5.75. The van der Waals surface area contributed by atoms with Crippen molar-refractivity contribution in [2.45, 2.75) is 39.8 Å². The number of rotatable bonds is 6. The lowest BCUT2D eigenvalue weighted by Gasteiger charge is -2.18. The highest BCUT2D eigenvalue weighted by atomic mass is 16.5. The number of carbonyl (C=O) groups excluding carboxylic acids is 1. The Morgan fingerprint density at radius 1 is 1.36 bits per heavy atom. The van der Waals surface area contributed by atoms with Crippen molar-refractivity contribution in [2.24, 2.45) is 11.7 Å². The Bertz CT molecular complexity index is 171. The van der Waals surface area contributed by atoms with E-state index in [1.807, 2.05) is 6.92 Å². The predicted molar refractivity (Wildman–Crippen MR) is 54.9 cm³/mol. The Hall–Kier alpha value is -0.610. The molecule has 0 saturated carbocycles. The molecule has 0 radical (unpaired) electrons. The second-order valence-corrected chi connectivity index (χ2v) is 3.64. The third-order valence-corrected chi connectivity index (χ3v) is 2.07. The predicted octanol–water partition coefficient (Wildman–Crippen LogP) is 0.938. The lowest BCUT2D eigenvalue weighted by Crippen LogP contribution is -2.38. The molecule has 4 heteroatoms. The number of ether oxygens (including phenoxy) is 2. The van der Waals surface area contributed by atoms with Crippen molar-refractivity contribution in [3.05, 3.63) is 0 Å². The Morgan fingerprint density at radius 3 is 2.36 bits per heavy atom. The Kier molecular flexibility index (Phi) is 6.49. The summed E-state index contributed by atoms with van der Waals surface area (Å²) in [4.78, 5) is 11.1. The standard InChI is InChI=1S/C10H21NO3/c1-5-13-10(12)9(11)6-14-8(4)7(2)3/h7-9H,5-6,11H2,1-4H3. The fourth-order valence-electron chi connectivity index (χ4n) is 0.765. The first kappa shape index (κ1) is 13.4. The van der Waals surface area contributed by atoms with Crippen LogP contribution in [0.4, 0.5) is 0 Å². The quantitative estimate of drug-likeness (QED) is 0.652. The Balaban J connectivity index is 3.72. The zero-order valence-electron chi connectivity index (χ0n) is 9.45. The molecule has 4 nitrogen and oxygen atoms in total. The second kappa shape index (κ2) is 6.79. The van der Waals surface area contributed by atoms with E-state index in [-0.39, 0.29) is 12.7 Å². The summed E-state index contributed by atoms with van der Waals surface area (Å²) in [6, 6.07) is -0.670. The van der Waals surface area contributed by atoms with Gasteiger partial charge >= 0.3 is 5.97 Å². The summed E-state index contributed by atoms with van der Waals surface area (Å²) in [7, 11) is 0. The molecule has 2 atom stereocenters. The molecular formula is C10H21NO3. The van der Waals surface area contributed by atoms with Gasteiger partial charge in [0.1, 0.15) is 6.04 Å². The van der Waals surface area contributed by atoms with E-state index < -0.39 is 12.0 Å². The van der Waals surface area contributed by atoms with E-state index in [0.717, 1.165) is 0 Å². The van der Waals surface area contributed by atoms with Gasteiger partial charge in [0.05, 0.1) is 19.3 Å². The van der Waals surface area contributed by atoms with Crippen LogP contribution in [-0.4, -0.2) is 31.3 Å². The van der Waals surface area contributed by atoms with E-state index in [1.54, 1.807) is 6.92 Å². The SMILES string of the molecule is CCOC(=O)C(N)COC(C)C(C)C. The average Bonchev–Trinajstić information content (AvgIpc) is 2.13. The van der Waals surface area contributed by atoms with Crippen LogP contribution >= 0.6 is 0 Å². The first-order chi connectivity index (χ1) is 6.49. The van der Waals surface area contributed by atoms with Gasteiger partial charge in [0.15, 0.2) is 0 Å². The second-order valence-electron chi connectivity index (χ2n) is 3.64. The average molecular weight is 203 g/mol. The molecule has 0 saturated heterocycles. The fourth-order valence-corrected chi connectivity index (χ4v) is 0.765. The summed E-state index contributed by atoms with van der Waals surface area (Å²) >= 11 is 0. The third-order valence-electron chi connectivity index (χ3n) is 2.07. The number of hydrogen-bond acceptors (Lipinski definition) is 4. The largest absolute Gasteiger partial charge is 0.465 e. The normalized spacial score (nSPS) is 15.3. The van der Waals surface area contributed by atoms with Crippen LogP contribution in [0.5, 0.6) is 0 Å². The van der Waals surface area contributed by atoms with Gasteiger partial charge in [-0.05, 0) is 19.8 Å². The molecule has 2 N–H and O–H groups in total. The third kappa shape index (κ3) is 5.19. The van der Waals surface area contributed by atoms with Crippen LogP contribution in [0.15, 0.2) is 0 Å². The van der Waals surface area contributed by atoms with Crippen LogP contribution in [0.25, 0.3) is 0 Å². The summed E-state index contributed by atoms with van der Waals surface area (Å²) in [5, 5.41) is 0. The van der Waals surface area contributed by atoms with Gasteiger partial charge < -0.3 is 15.2 Å². The Morgan fingerprint density at radius 2 is 1.93 bits per heavy atom. The van der Waals surface area contributed by atoms with Crippen LogP contribution in [-0.2, 0) is 14.3 Å². The minimum Gasteiger partial charge on any atom is -0.465 e. The highest BCUT2D eigenvalue weighted by Crippen LogP contribution is 2.05. The van der Waals surface area contributed by atoms with Crippen molar-refractivity contribution in [1.82, 2.24) is 0 Å². The van der Waals surface area contributed by atoms with Crippen LogP contribution in [0.3, 0.4) is 0 Å². The molecule has 2 unspecified atom stereocenters. The van der Waals surface area contributed by atoms with E-state index in [1.165, 1.54) is 0 Å². The van der Waals surface area contributed by atoms with Gasteiger partial charge in [-0.2, -0.15) is 0 Å². The maximum Gasteiger partial charge on any atom is 0.325 e. The first-order valence-electron chi connectivity index (χ1n) is 5.02. The van der Waals surface area contributed by atoms with Crippen LogP contribution in [0.2, 0.25) is 0 Å². The molecule has 0 fully saturated rings. The molecule has 0 aromatic rings. The van der Waals surface area contributed by atoms with Gasteiger partial charge in [-0.25, -0.2) is 0 Å². The molecule has 14 heavy (non-hydrogen) atoms. The van der Waals surface area contributed by atoms with Crippen molar-refractivity contribution < 1.29 is 14.3 Å². The molecule has 0 aromatic carbocycles. The van der Waals surface area contributed by atoms with Gasteiger partial charge in [-0.15, -0.1) is 0 Å². The molecule has 0 bridgehead atoms. The maximum atomic E-state index is 11.1. The van der Waals surface area contributed by atoms with E-state index in [2.05, 4.69) is 13.8 Å². The summed E-state index contributed by atoms with van der Waals surface area (Å²) in [5.74, 6) is 0.0212. The van der Waals surface area contributed by atoms with Crippen LogP contribution in [0, 0.1) is 5.92 Å². The van der Waals surface area contributed by atoms with Crippen molar-refractivity contribution in [3.63, 3.8) is 0 Å². The van der Waals surface area contributed by atoms with Gasteiger partial charge in [0, 0.05) is 0 Å². The molecule has 0 rings (SSSR count). The molecule has 0 aliphatic rings. The summed E-state index contributed by atoms with van der Waals surface area (Å²) < 4.78 is 10.2. The lowest BCUT2D eigenvalue weighted by molar-refractivity contribution is -0.146. The smallest absolute Gasteiger partial charge is 0.325 e. The number of hydrogen-bond donors (Lipinski definition) is 1. The van der Waals surface area contributed by atoms with E-state index in [4.69, 9.17) is 15.2 Å². The highest BCUT2D eigenvalue weighted by Gasteiger charge is 2.16. The zero-order chi connectivity index (χ0) is 11.1. The van der Waals surface area contributed by atoms with Crippen molar-refractivity contribution in [1.29, 1.82) is 0 Å². The Labute approximate surface area is 85.8 Å². The minimum atomic E-state index is -0.670. The monoisotopic (exact) mass is 203 g/mol.